The first-order chi connectivity index (χ1) is 15.0. The molecule has 0 aliphatic carbocycles. The number of nitrogens with zero attached hydrogens (tertiary/aromatic N) is 1. The second-order valence-corrected chi connectivity index (χ2v) is 7.00. The summed E-state index contributed by atoms with van der Waals surface area (Å²) in [6.07, 6.45) is 0. The van der Waals surface area contributed by atoms with Crippen molar-refractivity contribution in [2.24, 2.45) is 0 Å². The molecule has 160 valence electrons. The van der Waals surface area contributed by atoms with E-state index in [9.17, 15) is 14.0 Å². The summed E-state index contributed by atoms with van der Waals surface area (Å²) in [7, 11) is 3.26. The summed E-state index contributed by atoms with van der Waals surface area (Å²) in [5.41, 5.74) is 1.81. The van der Waals surface area contributed by atoms with E-state index < -0.39 is 6.04 Å². The fourth-order valence-electron chi connectivity index (χ4n) is 3.20. The van der Waals surface area contributed by atoms with Gasteiger partial charge in [-0.2, -0.15) is 0 Å². The van der Waals surface area contributed by atoms with Crippen LogP contribution in [0.2, 0.25) is 0 Å². The predicted octanol–water partition coefficient (Wildman–Crippen LogP) is 4.08. The van der Waals surface area contributed by atoms with Crippen molar-refractivity contribution in [3.63, 3.8) is 0 Å². The molecule has 0 aromatic heterocycles. The molecule has 3 rings (SSSR count). The molecule has 0 aliphatic rings. The number of benzene rings is 3. The third-order valence-electron chi connectivity index (χ3n) is 4.66. The van der Waals surface area contributed by atoms with Crippen molar-refractivity contribution in [3.05, 3.63) is 90.2 Å². The first-order valence-electron chi connectivity index (χ1n) is 9.72. The van der Waals surface area contributed by atoms with Crippen molar-refractivity contribution < 1.29 is 18.7 Å². The van der Waals surface area contributed by atoms with Crippen LogP contribution in [-0.4, -0.2) is 37.4 Å². The van der Waals surface area contributed by atoms with Gasteiger partial charge >= 0.3 is 0 Å². The van der Waals surface area contributed by atoms with Gasteiger partial charge in [-0.15, -0.1) is 0 Å². The first-order valence-corrected chi connectivity index (χ1v) is 9.72. The second-order valence-electron chi connectivity index (χ2n) is 7.00. The highest BCUT2D eigenvalue weighted by molar-refractivity contribution is 5.97. The first kappa shape index (κ1) is 22.0. The maximum Gasteiger partial charge on any atom is 0.246 e. The minimum absolute atomic E-state index is 0.0202. The maximum absolute atomic E-state index is 13.2. The summed E-state index contributed by atoms with van der Waals surface area (Å²) in [4.78, 5) is 27.3. The number of nitrogens with one attached hydrogen (secondary N) is 2. The Morgan fingerprint density at radius 1 is 0.935 bits per heavy atom. The zero-order valence-electron chi connectivity index (χ0n) is 17.3. The number of methoxy groups -OCH3 is 1. The van der Waals surface area contributed by atoms with E-state index in [-0.39, 0.29) is 24.2 Å². The largest absolute Gasteiger partial charge is 0.497 e. The molecule has 0 saturated carbocycles. The molecule has 3 aromatic carbocycles. The van der Waals surface area contributed by atoms with E-state index in [1.807, 2.05) is 30.3 Å². The SMILES string of the molecule is COc1cccc(NC(=O)CN(C)[C@H](C(=O)Nc2ccc(F)cc2)c2ccccc2)c1. The number of likely N-dealkylation sites (N-methyl/N-ethyl adjacent to an activating group) is 1. The molecule has 0 fully saturated rings. The van der Waals surface area contributed by atoms with Crippen LogP contribution in [0.4, 0.5) is 15.8 Å². The van der Waals surface area contributed by atoms with Gasteiger partial charge in [0.2, 0.25) is 11.8 Å². The Kier molecular flexibility index (Phi) is 7.35. The number of halogens is 1. The van der Waals surface area contributed by atoms with Crippen LogP contribution in [0.3, 0.4) is 0 Å². The summed E-state index contributed by atoms with van der Waals surface area (Å²) < 4.78 is 18.3. The number of carbonyl (C=O) groups excluding carboxylic acids is 2. The number of hydrogen-bond acceptors (Lipinski definition) is 4. The monoisotopic (exact) mass is 421 g/mol. The summed E-state index contributed by atoms with van der Waals surface area (Å²) in [6, 6.07) is 21.0. The molecule has 31 heavy (non-hydrogen) atoms. The predicted molar refractivity (Wildman–Crippen MR) is 118 cm³/mol. The van der Waals surface area contributed by atoms with Gasteiger partial charge in [-0.1, -0.05) is 36.4 Å². The highest BCUT2D eigenvalue weighted by Gasteiger charge is 2.26. The lowest BCUT2D eigenvalue weighted by Gasteiger charge is -2.27. The van der Waals surface area contributed by atoms with Crippen molar-refractivity contribution in [2.75, 3.05) is 31.3 Å². The Bertz CT molecular complexity index is 1030. The van der Waals surface area contributed by atoms with E-state index in [1.54, 1.807) is 43.3 Å². The van der Waals surface area contributed by atoms with Crippen molar-refractivity contribution in [3.8, 4) is 5.75 Å². The van der Waals surface area contributed by atoms with Crippen LogP contribution in [0.25, 0.3) is 0 Å². The molecule has 0 unspecified atom stereocenters. The fourth-order valence-corrected chi connectivity index (χ4v) is 3.20. The Morgan fingerprint density at radius 3 is 2.32 bits per heavy atom. The molecule has 2 N–H and O–H groups in total. The van der Waals surface area contributed by atoms with Gasteiger partial charge in [0.1, 0.15) is 17.6 Å². The molecule has 0 spiro atoms. The smallest absolute Gasteiger partial charge is 0.246 e. The number of hydrogen-bond donors (Lipinski definition) is 2. The standard InChI is InChI=1S/C24H24FN3O3/c1-28(16-22(29)26-20-9-6-10-21(15-20)31-2)23(17-7-4-3-5-8-17)24(30)27-19-13-11-18(25)12-14-19/h3-15,23H,16H2,1-2H3,(H,26,29)(H,27,30)/t23-/m0/s1. The maximum atomic E-state index is 13.2. The third kappa shape index (κ3) is 6.13. The molecule has 1 atom stereocenters. The third-order valence-corrected chi connectivity index (χ3v) is 4.66. The number of carbonyl (C=O) groups is 2. The lowest BCUT2D eigenvalue weighted by Crippen LogP contribution is -2.39. The fraction of sp³-hybridized carbons (Fsp3) is 0.167. The Morgan fingerprint density at radius 2 is 1.65 bits per heavy atom. The van der Waals surface area contributed by atoms with Gasteiger partial charge in [0.25, 0.3) is 0 Å². The lowest BCUT2D eigenvalue weighted by molar-refractivity contribution is -0.123. The quantitative estimate of drug-likeness (QED) is 0.575. The van der Waals surface area contributed by atoms with Gasteiger partial charge in [-0.05, 0) is 49.0 Å². The molecule has 3 aromatic rings. The van der Waals surface area contributed by atoms with Crippen LogP contribution >= 0.6 is 0 Å². The van der Waals surface area contributed by atoms with Crippen LogP contribution in [0, 0.1) is 5.82 Å². The molecule has 0 radical (unpaired) electrons. The van der Waals surface area contributed by atoms with E-state index >= 15 is 0 Å². The summed E-state index contributed by atoms with van der Waals surface area (Å²) in [5.74, 6) is -0.350. The molecule has 6 nitrogen and oxygen atoms in total. The van der Waals surface area contributed by atoms with E-state index in [2.05, 4.69) is 10.6 Å². The number of amides is 2. The van der Waals surface area contributed by atoms with Crippen molar-refractivity contribution >= 4 is 23.2 Å². The highest BCUT2D eigenvalue weighted by Crippen LogP contribution is 2.22. The topological polar surface area (TPSA) is 70.7 Å². The van der Waals surface area contributed by atoms with E-state index in [0.29, 0.717) is 17.1 Å². The molecule has 2 amide bonds. The van der Waals surface area contributed by atoms with Gasteiger partial charge in [0.15, 0.2) is 0 Å². The molecular formula is C24H24FN3O3. The zero-order chi connectivity index (χ0) is 22.2. The van der Waals surface area contributed by atoms with Crippen LogP contribution in [0.5, 0.6) is 5.75 Å². The van der Waals surface area contributed by atoms with Gasteiger partial charge in [-0.25, -0.2) is 4.39 Å². The molecule has 0 bridgehead atoms. The average molecular weight is 421 g/mol. The lowest BCUT2D eigenvalue weighted by atomic mass is 10.0. The molecule has 0 saturated heterocycles. The Balaban J connectivity index is 1.74. The minimum atomic E-state index is -0.720. The van der Waals surface area contributed by atoms with Crippen molar-refractivity contribution in [2.45, 2.75) is 6.04 Å². The van der Waals surface area contributed by atoms with Gasteiger partial charge in [0, 0.05) is 17.4 Å². The molecule has 0 aliphatic heterocycles. The summed E-state index contributed by atoms with van der Waals surface area (Å²) in [6.45, 7) is -0.0202. The van der Waals surface area contributed by atoms with Crippen LogP contribution < -0.4 is 15.4 Å². The number of anilines is 2. The van der Waals surface area contributed by atoms with Gasteiger partial charge < -0.3 is 15.4 Å². The second kappa shape index (κ2) is 10.4. The molecular weight excluding hydrogens is 397 g/mol. The number of rotatable bonds is 8. The zero-order valence-corrected chi connectivity index (χ0v) is 17.3. The van der Waals surface area contributed by atoms with Crippen molar-refractivity contribution in [1.82, 2.24) is 4.90 Å². The van der Waals surface area contributed by atoms with Crippen LogP contribution in [-0.2, 0) is 9.59 Å². The highest BCUT2D eigenvalue weighted by atomic mass is 19.1. The normalized spacial score (nSPS) is 11.6. The van der Waals surface area contributed by atoms with Gasteiger partial charge in [0.05, 0.1) is 13.7 Å². The van der Waals surface area contributed by atoms with Crippen LogP contribution in [0.15, 0.2) is 78.9 Å². The van der Waals surface area contributed by atoms with Gasteiger partial charge in [-0.3, -0.25) is 14.5 Å². The molecule has 0 heterocycles. The van der Waals surface area contributed by atoms with Crippen molar-refractivity contribution in [1.29, 1.82) is 0 Å². The van der Waals surface area contributed by atoms with E-state index in [0.717, 1.165) is 5.56 Å². The van der Waals surface area contributed by atoms with Crippen LogP contribution in [0.1, 0.15) is 11.6 Å². The summed E-state index contributed by atoms with van der Waals surface area (Å²) in [5, 5.41) is 5.61. The number of ether oxygens (including phenoxy) is 1. The molecule has 7 heteroatoms. The summed E-state index contributed by atoms with van der Waals surface area (Å²) >= 11 is 0. The Labute approximate surface area is 180 Å². The average Bonchev–Trinajstić information content (AvgIpc) is 2.76. The minimum Gasteiger partial charge on any atom is -0.497 e. The Hall–Kier alpha value is -3.71. The van der Waals surface area contributed by atoms with E-state index in [4.69, 9.17) is 4.74 Å². The van der Waals surface area contributed by atoms with E-state index in [1.165, 1.54) is 24.3 Å².